The third kappa shape index (κ3) is 1.70. The molecule has 0 unspecified atom stereocenters. The Kier molecular flexibility index (Phi) is 2.28. The van der Waals surface area contributed by atoms with Gasteiger partial charge in [-0.05, 0) is 6.07 Å². The second-order valence-electron chi connectivity index (χ2n) is 3.15. The van der Waals surface area contributed by atoms with Crippen molar-refractivity contribution in [3.05, 3.63) is 28.3 Å². The molecule has 0 aliphatic carbocycles. The summed E-state index contributed by atoms with van der Waals surface area (Å²) >= 11 is 0. The van der Waals surface area contributed by atoms with Crippen LogP contribution in [0.3, 0.4) is 0 Å². The van der Waals surface area contributed by atoms with Crippen LogP contribution in [0.2, 0.25) is 0 Å². The van der Waals surface area contributed by atoms with Gasteiger partial charge in [-0.3, -0.25) is 14.9 Å². The van der Waals surface area contributed by atoms with Gasteiger partial charge < -0.3 is 9.84 Å². The van der Waals surface area contributed by atoms with E-state index in [0.29, 0.717) is 11.0 Å². The first-order chi connectivity index (χ1) is 7.58. The molecule has 0 spiro atoms. The summed E-state index contributed by atoms with van der Waals surface area (Å²) in [4.78, 5) is 20.9. The maximum absolute atomic E-state index is 10.8. The fraction of sp³-hybridized carbons (Fsp3) is 0.111. The molecule has 0 saturated heterocycles. The minimum Gasteiger partial charge on any atom is -0.354 e. The maximum atomic E-state index is 10.8. The molecular formula is C9H7N3O4. The molecule has 0 atom stereocenters. The van der Waals surface area contributed by atoms with Crippen molar-refractivity contribution in [3.63, 3.8) is 0 Å². The minimum absolute atomic E-state index is 0.0812. The quantitative estimate of drug-likeness (QED) is 0.614. The van der Waals surface area contributed by atoms with E-state index >= 15 is 0 Å². The van der Waals surface area contributed by atoms with Crippen molar-refractivity contribution in [2.45, 2.75) is 6.92 Å². The lowest BCUT2D eigenvalue weighted by atomic mass is 10.2. The van der Waals surface area contributed by atoms with Crippen LogP contribution < -0.4 is 5.32 Å². The Bertz CT molecular complexity index is 575. The fourth-order valence-corrected chi connectivity index (χ4v) is 1.30. The lowest BCUT2D eigenvalue weighted by Crippen LogP contribution is -2.06. The second kappa shape index (κ2) is 3.61. The van der Waals surface area contributed by atoms with E-state index in [1.54, 1.807) is 0 Å². The fourth-order valence-electron chi connectivity index (χ4n) is 1.30. The first-order valence-corrected chi connectivity index (χ1v) is 4.39. The van der Waals surface area contributed by atoms with Crippen LogP contribution in [0.4, 0.5) is 11.5 Å². The zero-order chi connectivity index (χ0) is 11.7. The molecule has 1 amide bonds. The normalized spacial score (nSPS) is 10.3. The van der Waals surface area contributed by atoms with Crippen molar-refractivity contribution < 1.29 is 14.2 Å². The number of hydrogen-bond donors (Lipinski definition) is 1. The number of fused-ring (bicyclic) bond motifs is 1. The minimum atomic E-state index is -0.524. The third-order valence-corrected chi connectivity index (χ3v) is 1.96. The highest BCUT2D eigenvalue weighted by Gasteiger charge is 2.13. The molecule has 0 fully saturated rings. The Labute approximate surface area is 89.2 Å². The third-order valence-electron chi connectivity index (χ3n) is 1.96. The van der Waals surface area contributed by atoms with Crippen LogP contribution in [0, 0.1) is 10.1 Å². The van der Waals surface area contributed by atoms with Crippen LogP contribution in [0.5, 0.6) is 0 Å². The highest BCUT2D eigenvalue weighted by Crippen LogP contribution is 2.26. The molecule has 2 rings (SSSR count). The van der Waals surface area contributed by atoms with Gasteiger partial charge in [0.05, 0.1) is 10.3 Å². The lowest BCUT2D eigenvalue weighted by molar-refractivity contribution is -0.384. The molecule has 1 aromatic carbocycles. The van der Waals surface area contributed by atoms with Gasteiger partial charge in [0.15, 0.2) is 11.4 Å². The number of nitro groups is 1. The van der Waals surface area contributed by atoms with Gasteiger partial charge >= 0.3 is 0 Å². The summed E-state index contributed by atoms with van der Waals surface area (Å²) < 4.78 is 4.90. The first kappa shape index (κ1) is 10.1. The number of amides is 1. The Morgan fingerprint density at radius 1 is 1.56 bits per heavy atom. The summed E-state index contributed by atoms with van der Waals surface area (Å²) in [7, 11) is 0. The van der Waals surface area contributed by atoms with Gasteiger partial charge in [-0.1, -0.05) is 5.16 Å². The summed E-state index contributed by atoms with van der Waals surface area (Å²) in [6.07, 6.45) is 0. The zero-order valence-electron chi connectivity index (χ0n) is 8.26. The van der Waals surface area contributed by atoms with Crippen LogP contribution in [0.1, 0.15) is 6.92 Å². The number of carbonyl (C=O) groups excluding carboxylic acids is 1. The van der Waals surface area contributed by atoms with Crippen molar-refractivity contribution in [1.82, 2.24) is 5.16 Å². The van der Waals surface area contributed by atoms with E-state index < -0.39 is 4.92 Å². The average Bonchev–Trinajstić information content (AvgIpc) is 2.60. The lowest BCUT2D eigenvalue weighted by Gasteiger charge is -1.95. The van der Waals surface area contributed by atoms with Crippen LogP contribution in [0.25, 0.3) is 11.0 Å². The molecule has 16 heavy (non-hydrogen) atoms. The van der Waals surface area contributed by atoms with E-state index in [4.69, 9.17) is 4.52 Å². The molecule has 7 nitrogen and oxygen atoms in total. The monoisotopic (exact) mass is 221 g/mol. The van der Waals surface area contributed by atoms with Crippen LogP contribution in [0.15, 0.2) is 22.7 Å². The SMILES string of the molecule is CC(=O)Nc1noc2ccc([N+](=O)[O-])cc12. The number of benzene rings is 1. The number of nitro benzene ring substituents is 1. The van der Waals surface area contributed by atoms with Gasteiger partial charge in [-0.2, -0.15) is 0 Å². The molecule has 0 bridgehead atoms. The Balaban J connectivity index is 2.55. The largest absolute Gasteiger partial charge is 0.354 e. The summed E-state index contributed by atoms with van der Waals surface area (Å²) in [5.74, 6) is -0.132. The van der Waals surface area contributed by atoms with Crippen molar-refractivity contribution in [2.24, 2.45) is 0 Å². The van der Waals surface area contributed by atoms with E-state index in [0.717, 1.165) is 0 Å². The number of rotatable bonds is 2. The number of non-ortho nitro benzene ring substituents is 1. The van der Waals surface area contributed by atoms with E-state index in [9.17, 15) is 14.9 Å². The second-order valence-corrected chi connectivity index (χ2v) is 3.15. The van der Waals surface area contributed by atoms with E-state index in [2.05, 4.69) is 10.5 Å². The van der Waals surface area contributed by atoms with E-state index in [-0.39, 0.29) is 17.4 Å². The smallest absolute Gasteiger partial charge is 0.270 e. The number of aromatic nitrogens is 1. The number of carbonyl (C=O) groups is 1. The highest BCUT2D eigenvalue weighted by molar-refractivity contribution is 5.98. The summed E-state index contributed by atoms with van der Waals surface area (Å²) in [6, 6.07) is 4.05. The predicted molar refractivity (Wildman–Crippen MR) is 55.0 cm³/mol. The summed E-state index contributed by atoms with van der Waals surface area (Å²) in [5.41, 5.74) is 0.302. The molecule has 1 aromatic heterocycles. The van der Waals surface area contributed by atoms with E-state index in [1.807, 2.05) is 0 Å². The summed E-state index contributed by atoms with van der Waals surface area (Å²) in [6.45, 7) is 1.32. The zero-order valence-corrected chi connectivity index (χ0v) is 8.26. The van der Waals surface area contributed by atoms with Gasteiger partial charge in [-0.25, -0.2) is 0 Å². The van der Waals surface area contributed by atoms with Crippen LogP contribution in [-0.4, -0.2) is 16.0 Å². The topological polar surface area (TPSA) is 98.3 Å². The van der Waals surface area contributed by atoms with Gasteiger partial charge in [0.2, 0.25) is 5.91 Å². The number of nitrogens with one attached hydrogen (secondary N) is 1. The van der Waals surface area contributed by atoms with Crippen LogP contribution >= 0.6 is 0 Å². The van der Waals surface area contributed by atoms with Crippen molar-refractivity contribution >= 4 is 28.4 Å². The maximum Gasteiger partial charge on any atom is 0.270 e. The highest BCUT2D eigenvalue weighted by atomic mass is 16.6. The standard InChI is InChI=1S/C9H7N3O4/c1-5(13)10-9-7-4-6(12(14)15)2-3-8(7)16-11-9/h2-4H,1H3,(H,10,11,13). The van der Waals surface area contributed by atoms with Crippen LogP contribution in [-0.2, 0) is 4.79 Å². The van der Waals surface area contributed by atoms with Crippen molar-refractivity contribution in [1.29, 1.82) is 0 Å². The molecule has 7 heteroatoms. The molecule has 0 radical (unpaired) electrons. The predicted octanol–water partition coefficient (Wildman–Crippen LogP) is 1.69. The Morgan fingerprint density at radius 3 is 2.94 bits per heavy atom. The van der Waals surface area contributed by atoms with Crippen molar-refractivity contribution in [3.8, 4) is 0 Å². The summed E-state index contributed by atoms with van der Waals surface area (Å²) in [5, 5.41) is 17.0. The first-order valence-electron chi connectivity index (χ1n) is 4.39. The van der Waals surface area contributed by atoms with E-state index in [1.165, 1.54) is 25.1 Å². The number of nitrogens with zero attached hydrogens (tertiary/aromatic N) is 2. The van der Waals surface area contributed by atoms with Gasteiger partial charge in [0.25, 0.3) is 5.69 Å². The molecule has 82 valence electrons. The Morgan fingerprint density at radius 2 is 2.31 bits per heavy atom. The molecule has 0 aliphatic rings. The molecule has 1 heterocycles. The number of anilines is 1. The van der Waals surface area contributed by atoms with Gasteiger partial charge in [0.1, 0.15) is 0 Å². The molecular weight excluding hydrogens is 214 g/mol. The Hall–Kier alpha value is -2.44. The van der Waals surface area contributed by atoms with Gasteiger partial charge in [-0.15, -0.1) is 0 Å². The molecule has 2 aromatic rings. The molecule has 0 aliphatic heterocycles. The van der Waals surface area contributed by atoms with Gasteiger partial charge in [0, 0.05) is 19.1 Å². The number of hydrogen-bond acceptors (Lipinski definition) is 5. The molecule has 1 N–H and O–H groups in total. The van der Waals surface area contributed by atoms with Crippen molar-refractivity contribution in [2.75, 3.05) is 5.32 Å². The average molecular weight is 221 g/mol. The molecule has 0 saturated carbocycles.